The molecule has 0 aromatic heterocycles. The average molecular weight is 260 g/mol. The predicted octanol–water partition coefficient (Wildman–Crippen LogP) is 0.0583. The van der Waals surface area contributed by atoms with E-state index in [1.807, 2.05) is 6.92 Å². The first kappa shape index (κ1) is 14.3. The Hall–Kier alpha value is -0.750. The molecule has 0 saturated carbocycles. The molecule has 98 valence electrons. The highest BCUT2D eigenvalue weighted by Crippen LogP contribution is 2.12. The number of hydrogen-bond acceptors (Lipinski definition) is 4. The fourth-order valence-electron chi connectivity index (χ4n) is 1.91. The van der Waals surface area contributed by atoms with Crippen LogP contribution in [0.5, 0.6) is 0 Å². The van der Waals surface area contributed by atoms with E-state index in [0.717, 1.165) is 6.42 Å². The highest BCUT2D eigenvalue weighted by atomic mass is 32.1. The van der Waals surface area contributed by atoms with E-state index in [9.17, 15) is 9.59 Å². The third kappa shape index (κ3) is 3.89. The summed E-state index contributed by atoms with van der Waals surface area (Å²) in [6.45, 7) is 5.14. The topological polar surface area (TPSA) is 58.6 Å². The molecule has 0 bridgehead atoms. The van der Waals surface area contributed by atoms with Crippen molar-refractivity contribution in [1.29, 1.82) is 0 Å². The lowest BCUT2D eigenvalue weighted by molar-refractivity contribution is -0.143. The van der Waals surface area contributed by atoms with Gasteiger partial charge in [0.2, 0.25) is 11.8 Å². The van der Waals surface area contributed by atoms with Crippen LogP contribution in [0.1, 0.15) is 20.3 Å². The molecule has 17 heavy (non-hydrogen) atoms. The maximum absolute atomic E-state index is 12.2. The van der Waals surface area contributed by atoms with E-state index in [1.54, 1.807) is 4.90 Å². The Morgan fingerprint density at radius 2 is 2.29 bits per heavy atom. The summed E-state index contributed by atoms with van der Waals surface area (Å²) in [6, 6.07) is -0.435. The van der Waals surface area contributed by atoms with Crippen LogP contribution in [0.3, 0.4) is 0 Å². The predicted molar refractivity (Wildman–Crippen MR) is 68.1 cm³/mol. The summed E-state index contributed by atoms with van der Waals surface area (Å²) in [5.74, 6) is 0.0377. The van der Waals surface area contributed by atoms with Gasteiger partial charge < -0.3 is 15.0 Å². The molecular weight excluding hydrogens is 240 g/mol. The largest absolute Gasteiger partial charge is 0.377 e. The van der Waals surface area contributed by atoms with Gasteiger partial charge in [0.1, 0.15) is 6.04 Å². The molecule has 2 atom stereocenters. The Kier molecular flexibility index (Phi) is 5.77. The van der Waals surface area contributed by atoms with Gasteiger partial charge in [-0.1, -0.05) is 6.92 Å². The van der Waals surface area contributed by atoms with E-state index >= 15 is 0 Å². The molecule has 2 amide bonds. The van der Waals surface area contributed by atoms with Gasteiger partial charge in [-0.3, -0.25) is 9.59 Å². The SMILES string of the molecule is CCC1COCCN1C(=O)C(CS)NC(C)=O. The fraction of sp³-hybridized carbons (Fsp3) is 0.818. The standard InChI is InChI=1S/C11H20N2O3S/c1-3-9-6-16-5-4-13(9)11(15)10(7-17)12-8(2)14/h9-10,17H,3-7H2,1-2H3,(H,12,14). The van der Waals surface area contributed by atoms with Gasteiger partial charge in [-0.25, -0.2) is 0 Å². The first-order valence-corrected chi connectivity index (χ1v) is 6.49. The molecule has 6 heteroatoms. The van der Waals surface area contributed by atoms with Gasteiger partial charge in [0, 0.05) is 19.2 Å². The highest BCUT2D eigenvalue weighted by Gasteiger charge is 2.30. The quantitative estimate of drug-likeness (QED) is 0.703. The molecule has 1 rings (SSSR count). The Labute approximate surface area is 107 Å². The summed E-state index contributed by atoms with van der Waals surface area (Å²) in [5.41, 5.74) is 0. The molecule has 0 aliphatic carbocycles. The number of nitrogens with one attached hydrogen (secondary N) is 1. The van der Waals surface area contributed by atoms with Crippen LogP contribution in [0, 0.1) is 0 Å². The lowest BCUT2D eigenvalue weighted by Gasteiger charge is -2.37. The Balaban J connectivity index is 2.67. The lowest BCUT2D eigenvalue weighted by Crippen LogP contribution is -2.56. The summed E-state index contributed by atoms with van der Waals surface area (Å²) < 4.78 is 5.35. The van der Waals surface area contributed by atoms with Crippen LogP contribution in [0.2, 0.25) is 0 Å². The summed E-state index contributed by atoms with van der Waals surface area (Å²) >= 11 is 4.11. The van der Waals surface area contributed by atoms with Crippen molar-refractivity contribution < 1.29 is 14.3 Å². The van der Waals surface area contributed by atoms with Crippen LogP contribution in [-0.4, -0.2) is 54.3 Å². The molecule has 0 spiro atoms. The van der Waals surface area contributed by atoms with E-state index < -0.39 is 6.04 Å². The second-order valence-electron chi connectivity index (χ2n) is 4.10. The number of carbonyl (C=O) groups is 2. The van der Waals surface area contributed by atoms with Crippen LogP contribution in [0.15, 0.2) is 0 Å². The molecule has 1 saturated heterocycles. The van der Waals surface area contributed by atoms with Crippen molar-refractivity contribution in [3.8, 4) is 0 Å². The number of ether oxygens (including phenoxy) is 1. The molecule has 1 fully saturated rings. The molecule has 0 aromatic carbocycles. The van der Waals surface area contributed by atoms with Gasteiger partial charge in [-0.15, -0.1) is 0 Å². The van der Waals surface area contributed by atoms with Gasteiger partial charge in [0.25, 0.3) is 0 Å². The second kappa shape index (κ2) is 6.86. The molecular formula is C11H20N2O3S. The Morgan fingerprint density at radius 3 is 2.82 bits per heavy atom. The maximum Gasteiger partial charge on any atom is 0.246 e. The minimum absolute atomic E-state index is 0.0645. The number of hydrogen-bond donors (Lipinski definition) is 2. The lowest BCUT2D eigenvalue weighted by atomic mass is 10.1. The zero-order valence-electron chi connectivity index (χ0n) is 10.3. The highest BCUT2D eigenvalue weighted by molar-refractivity contribution is 7.80. The number of carbonyl (C=O) groups excluding carboxylic acids is 2. The van der Waals surface area contributed by atoms with Crippen molar-refractivity contribution in [3.05, 3.63) is 0 Å². The molecule has 2 unspecified atom stereocenters. The normalized spacial score (nSPS) is 22.1. The number of amides is 2. The minimum Gasteiger partial charge on any atom is -0.377 e. The third-order valence-corrected chi connectivity index (χ3v) is 3.21. The van der Waals surface area contributed by atoms with Crippen LogP contribution in [0.25, 0.3) is 0 Å². The van der Waals surface area contributed by atoms with Crippen molar-refractivity contribution in [1.82, 2.24) is 10.2 Å². The third-order valence-electron chi connectivity index (χ3n) is 2.84. The zero-order valence-corrected chi connectivity index (χ0v) is 11.2. The Bertz CT molecular complexity index is 286. The zero-order chi connectivity index (χ0) is 12.8. The molecule has 0 radical (unpaired) electrons. The van der Waals surface area contributed by atoms with Gasteiger partial charge in [-0.05, 0) is 6.42 Å². The summed E-state index contributed by atoms with van der Waals surface area (Å²) in [4.78, 5) is 25.0. The molecule has 0 aromatic rings. The smallest absolute Gasteiger partial charge is 0.246 e. The summed E-state index contributed by atoms with van der Waals surface area (Å²) in [5, 5.41) is 2.62. The fourth-order valence-corrected chi connectivity index (χ4v) is 2.16. The molecule has 1 aliphatic heterocycles. The minimum atomic E-state index is -0.539. The van der Waals surface area contributed by atoms with Crippen molar-refractivity contribution in [2.45, 2.75) is 32.4 Å². The maximum atomic E-state index is 12.2. The molecule has 1 heterocycles. The van der Waals surface area contributed by atoms with E-state index in [0.29, 0.717) is 25.5 Å². The van der Waals surface area contributed by atoms with Gasteiger partial charge in [-0.2, -0.15) is 12.6 Å². The van der Waals surface area contributed by atoms with Crippen molar-refractivity contribution in [3.63, 3.8) is 0 Å². The molecule has 5 nitrogen and oxygen atoms in total. The van der Waals surface area contributed by atoms with Gasteiger partial charge in [0.15, 0.2) is 0 Å². The number of rotatable bonds is 4. The first-order chi connectivity index (χ1) is 8.10. The number of morpholine rings is 1. The average Bonchev–Trinajstić information content (AvgIpc) is 2.34. The second-order valence-corrected chi connectivity index (χ2v) is 4.47. The van der Waals surface area contributed by atoms with Crippen molar-refractivity contribution >= 4 is 24.4 Å². The van der Waals surface area contributed by atoms with Crippen LogP contribution in [-0.2, 0) is 14.3 Å². The summed E-state index contributed by atoms with van der Waals surface area (Å²) in [6.07, 6.45) is 0.852. The molecule has 1 N–H and O–H groups in total. The Morgan fingerprint density at radius 1 is 1.59 bits per heavy atom. The van der Waals surface area contributed by atoms with Gasteiger partial charge in [0.05, 0.1) is 19.3 Å². The van der Waals surface area contributed by atoms with Crippen LogP contribution in [0.4, 0.5) is 0 Å². The van der Waals surface area contributed by atoms with Crippen molar-refractivity contribution in [2.75, 3.05) is 25.5 Å². The van der Waals surface area contributed by atoms with E-state index in [-0.39, 0.29) is 17.9 Å². The van der Waals surface area contributed by atoms with E-state index in [4.69, 9.17) is 4.74 Å². The number of nitrogens with zero attached hydrogens (tertiary/aromatic N) is 1. The number of thiol groups is 1. The first-order valence-electron chi connectivity index (χ1n) is 5.86. The van der Waals surface area contributed by atoms with Crippen molar-refractivity contribution in [2.24, 2.45) is 0 Å². The van der Waals surface area contributed by atoms with Crippen LogP contribution >= 0.6 is 12.6 Å². The molecule has 1 aliphatic rings. The van der Waals surface area contributed by atoms with Gasteiger partial charge >= 0.3 is 0 Å². The summed E-state index contributed by atoms with van der Waals surface area (Å²) in [7, 11) is 0. The van der Waals surface area contributed by atoms with Crippen LogP contribution < -0.4 is 5.32 Å². The monoisotopic (exact) mass is 260 g/mol. The van der Waals surface area contributed by atoms with E-state index in [2.05, 4.69) is 17.9 Å². The van der Waals surface area contributed by atoms with E-state index in [1.165, 1.54) is 6.92 Å².